The van der Waals surface area contributed by atoms with Gasteiger partial charge in [0.25, 0.3) is 0 Å². The van der Waals surface area contributed by atoms with Crippen LogP contribution in [0.15, 0.2) is 42.6 Å². The summed E-state index contributed by atoms with van der Waals surface area (Å²) in [5, 5.41) is 11.7. The lowest BCUT2D eigenvalue weighted by molar-refractivity contribution is -0.160. The van der Waals surface area contributed by atoms with Gasteiger partial charge in [-0.05, 0) is 83.9 Å². The van der Waals surface area contributed by atoms with Crippen LogP contribution in [0.3, 0.4) is 0 Å². The maximum absolute atomic E-state index is 12.6. The average molecular weight is 608 g/mol. The fourth-order valence-electron chi connectivity index (χ4n) is 5.69. The van der Waals surface area contributed by atoms with Gasteiger partial charge in [-0.2, -0.15) is 0 Å². The first-order chi connectivity index (χ1) is 19.8. The van der Waals surface area contributed by atoms with Gasteiger partial charge in [-0.1, -0.05) is 23.7 Å². The number of nitrogens with zero attached hydrogens (tertiary/aromatic N) is 5. The molecular weight excluding hydrogens is 570 g/mol. The zero-order valence-corrected chi connectivity index (χ0v) is 26.8. The van der Waals surface area contributed by atoms with E-state index in [0.29, 0.717) is 28.6 Å². The van der Waals surface area contributed by atoms with Crippen LogP contribution in [0.2, 0.25) is 5.02 Å². The van der Waals surface area contributed by atoms with E-state index in [1.54, 1.807) is 6.20 Å². The summed E-state index contributed by atoms with van der Waals surface area (Å²) in [5.41, 5.74) is 3.89. The van der Waals surface area contributed by atoms with Gasteiger partial charge < -0.3 is 14.7 Å². The minimum atomic E-state index is -1.16. The molecule has 222 valence electrons. The number of fused-ring (bicyclic) bond motifs is 1. The molecule has 8 nitrogen and oxygen atoms in total. The summed E-state index contributed by atoms with van der Waals surface area (Å²) in [4.78, 5) is 31.9. The third-order valence-electron chi connectivity index (χ3n) is 7.51. The largest absolute Gasteiger partial charge is 0.479 e. The summed E-state index contributed by atoms with van der Waals surface area (Å²) in [7, 11) is 0. The van der Waals surface area contributed by atoms with E-state index in [4.69, 9.17) is 26.3 Å². The van der Waals surface area contributed by atoms with Gasteiger partial charge >= 0.3 is 5.97 Å². The third-order valence-corrected chi connectivity index (χ3v) is 8.87. The minimum absolute atomic E-state index is 0.397. The summed E-state index contributed by atoms with van der Waals surface area (Å²) in [6.45, 7) is 16.9. The van der Waals surface area contributed by atoms with Crippen LogP contribution in [0.1, 0.15) is 58.8 Å². The highest BCUT2D eigenvalue weighted by molar-refractivity contribution is 7.22. The molecular formula is C32H38ClN5O3S. The lowest BCUT2D eigenvalue weighted by atomic mass is 9.91. The predicted molar refractivity (Wildman–Crippen MR) is 171 cm³/mol. The summed E-state index contributed by atoms with van der Waals surface area (Å²) in [5.74, 6) is -0.346. The molecule has 2 aromatic heterocycles. The Morgan fingerprint density at radius 1 is 1.14 bits per heavy atom. The molecule has 1 aliphatic rings. The highest BCUT2D eigenvalue weighted by Gasteiger charge is 2.33. The number of aryl methyl sites for hydroxylation is 1. The van der Waals surface area contributed by atoms with Crippen LogP contribution in [0.5, 0.6) is 0 Å². The first-order valence-electron chi connectivity index (χ1n) is 14.3. The molecule has 1 saturated heterocycles. The zero-order valence-electron chi connectivity index (χ0n) is 25.2. The van der Waals surface area contributed by atoms with Crippen molar-refractivity contribution in [1.29, 1.82) is 0 Å². The van der Waals surface area contributed by atoms with Crippen LogP contribution >= 0.6 is 22.9 Å². The smallest absolute Gasteiger partial charge is 0.337 e. The first kappa shape index (κ1) is 30.4. The molecule has 10 heteroatoms. The van der Waals surface area contributed by atoms with Gasteiger partial charge in [-0.3, -0.25) is 4.90 Å². The number of piperazine rings is 1. The van der Waals surface area contributed by atoms with Gasteiger partial charge in [0.15, 0.2) is 6.10 Å². The van der Waals surface area contributed by atoms with Gasteiger partial charge in [-0.15, -0.1) is 11.3 Å². The lowest BCUT2D eigenvalue weighted by Crippen LogP contribution is -2.54. The van der Waals surface area contributed by atoms with Crippen molar-refractivity contribution in [3.05, 3.63) is 58.7 Å². The molecule has 0 spiro atoms. The number of carboxylic acids is 1. The molecule has 0 bridgehead atoms. The monoisotopic (exact) mass is 607 g/mol. The summed E-state index contributed by atoms with van der Waals surface area (Å²) < 4.78 is 7.01. The molecule has 1 fully saturated rings. The SMILES string of the molecule is Cc1cc2nc(-c3ccnc(N4CCN(C(C)C)C(C)C4)n3)sc2c(-c2ccc(Cl)cc2)c1[C@H](OC(C)(C)C)C(=O)O. The molecule has 42 heavy (non-hydrogen) atoms. The molecule has 4 aromatic rings. The number of rotatable bonds is 7. The topological polar surface area (TPSA) is 91.7 Å². The Kier molecular flexibility index (Phi) is 8.58. The van der Waals surface area contributed by atoms with E-state index in [1.165, 1.54) is 11.3 Å². The number of aromatic nitrogens is 3. The Hall–Kier alpha value is -3.11. The normalized spacial score (nSPS) is 17.3. The van der Waals surface area contributed by atoms with E-state index in [1.807, 2.05) is 64.1 Å². The lowest BCUT2D eigenvalue weighted by Gasteiger charge is -2.42. The Bertz CT molecular complexity index is 1600. The van der Waals surface area contributed by atoms with Crippen molar-refractivity contribution in [2.45, 2.75) is 72.3 Å². The highest BCUT2D eigenvalue weighted by atomic mass is 35.5. The molecule has 1 N–H and O–H groups in total. The number of hydrogen-bond acceptors (Lipinski definition) is 8. The second kappa shape index (κ2) is 11.9. The minimum Gasteiger partial charge on any atom is -0.479 e. The molecule has 2 aromatic carbocycles. The fourth-order valence-corrected chi connectivity index (χ4v) is 6.91. The van der Waals surface area contributed by atoms with Gasteiger partial charge in [0.05, 0.1) is 15.8 Å². The molecule has 5 rings (SSSR count). The van der Waals surface area contributed by atoms with Crippen LogP contribution in [-0.4, -0.2) is 68.2 Å². The number of aliphatic carboxylic acids is 1. The maximum atomic E-state index is 12.6. The number of carboxylic acid groups (broad SMARTS) is 1. The standard InChI is InChI=1S/C32H38ClN5O3S/c1-18(2)38-15-14-37(17-20(38)4)31-34-13-12-23(36-31)29-35-24-16-19(3)25(27(30(39)40)41-32(5,6)7)26(28(24)42-29)21-8-10-22(33)11-9-21/h8-13,16,18,20,27H,14-15,17H2,1-7H3,(H,39,40)/t20?,27-/m0/s1. The van der Waals surface area contributed by atoms with Crippen molar-refractivity contribution in [2.24, 2.45) is 0 Å². The Morgan fingerprint density at radius 3 is 2.48 bits per heavy atom. The molecule has 1 unspecified atom stereocenters. The number of anilines is 1. The van der Waals surface area contributed by atoms with E-state index in [9.17, 15) is 9.90 Å². The Labute approximate surface area is 256 Å². The van der Waals surface area contributed by atoms with Gasteiger partial charge in [0, 0.05) is 54.1 Å². The van der Waals surface area contributed by atoms with Crippen molar-refractivity contribution in [3.63, 3.8) is 0 Å². The molecule has 1 aliphatic heterocycles. The van der Waals surface area contributed by atoms with E-state index in [2.05, 4.69) is 35.6 Å². The van der Waals surface area contributed by atoms with E-state index in [-0.39, 0.29) is 0 Å². The third kappa shape index (κ3) is 6.29. The summed E-state index contributed by atoms with van der Waals surface area (Å²) >= 11 is 7.73. The molecule has 0 saturated carbocycles. The van der Waals surface area contributed by atoms with E-state index >= 15 is 0 Å². The number of hydrogen-bond donors (Lipinski definition) is 1. The van der Waals surface area contributed by atoms with Crippen LogP contribution in [-0.2, 0) is 9.53 Å². The van der Waals surface area contributed by atoms with Crippen molar-refractivity contribution in [1.82, 2.24) is 19.9 Å². The van der Waals surface area contributed by atoms with E-state index in [0.717, 1.165) is 57.2 Å². The van der Waals surface area contributed by atoms with E-state index < -0.39 is 17.7 Å². The van der Waals surface area contributed by atoms with Crippen molar-refractivity contribution >= 4 is 45.1 Å². The molecule has 0 aliphatic carbocycles. The summed E-state index contributed by atoms with van der Waals surface area (Å²) in [6, 6.07) is 12.2. The van der Waals surface area contributed by atoms with Crippen LogP contribution in [0.25, 0.3) is 32.0 Å². The van der Waals surface area contributed by atoms with Crippen LogP contribution in [0, 0.1) is 6.92 Å². The maximum Gasteiger partial charge on any atom is 0.337 e. The number of benzene rings is 2. The van der Waals surface area contributed by atoms with Gasteiger partial charge in [-0.25, -0.2) is 19.7 Å². The average Bonchev–Trinajstić information content (AvgIpc) is 3.34. The highest BCUT2D eigenvalue weighted by Crippen LogP contribution is 2.44. The Morgan fingerprint density at radius 2 is 1.86 bits per heavy atom. The number of carbonyl (C=O) groups is 1. The van der Waals surface area contributed by atoms with Crippen molar-refractivity contribution in [2.75, 3.05) is 24.5 Å². The number of halogens is 1. The fraction of sp³-hybridized carbons (Fsp3) is 0.438. The predicted octanol–water partition coefficient (Wildman–Crippen LogP) is 7.24. The summed E-state index contributed by atoms with van der Waals surface area (Å²) in [6.07, 6.45) is 0.625. The zero-order chi connectivity index (χ0) is 30.3. The van der Waals surface area contributed by atoms with Crippen molar-refractivity contribution in [3.8, 4) is 21.8 Å². The first-order valence-corrected chi connectivity index (χ1v) is 15.5. The molecule has 0 amide bonds. The Balaban J connectivity index is 1.62. The second-order valence-corrected chi connectivity index (χ2v) is 13.6. The molecule has 3 heterocycles. The molecule has 2 atom stereocenters. The number of ether oxygens (including phenoxy) is 1. The van der Waals surface area contributed by atoms with Gasteiger partial charge in [0.2, 0.25) is 5.95 Å². The quantitative estimate of drug-likeness (QED) is 0.235. The second-order valence-electron chi connectivity index (χ2n) is 12.2. The van der Waals surface area contributed by atoms with Crippen LogP contribution < -0.4 is 4.90 Å². The van der Waals surface area contributed by atoms with Crippen molar-refractivity contribution < 1.29 is 14.6 Å². The molecule has 0 radical (unpaired) electrons. The number of thiazole rings is 1. The van der Waals surface area contributed by atoms with Gasteiger partial charge in [0.1, 0.15) is 10.7 Å². The van der Waals surface area contributed by atoms with Crippen LogP contribution in [0.4, 0.5) is 5.95 Å².